The number of aryl methyl sites for hydroxylation is 1. The molecule has 1 aromatic carbocycles. The molecule has 8 heteroatoms. The van der Waals surface area contributed by atoms with Gasteiger partial charge in [0.05, 0.1) is 20.9 Å². The number of carbonyl (C=O) groups is 1. The van der Waals surface area contributed by atoms with Gasteiger partial charge >= 0.3 is 0 Å². The number of hydrogen-bond donors (Lipinski definition) is 0. The van der Waals surface area contributed by atoms with Crippen LogP contribution in [-0.4, -0.2) is 34.0 Å². The van der Waals surface area contributed by atoms with Crippen molar-refractivity contribution in [3.63, 3.8) is 0 Å². The summed E-state index contributed by atoms with van der Waals surface area (Å²) in [4.78, 5) is 19.2. The average Bonchev–Trinajstić information content (AvgIpc) is 3.23. The Morgan fingerprint density at radius 1 is 1.33 bits per heavy atom. The van der Waals surface area contributed by atoms with Gasteiger partial charge in [-0.1, -0.05) is 16.8 Å². The lowest BCUT2D eigenvalue weighted by Crippen LogP contribution is -2.38. The Kier molecular flexibility index (Phi) is 5.39. The largest absolute Gasteiger partial charge is 0.344 e. The molecule has 1 aliphatic rings. The first-order valence-corrected chi connectivity index (χ1v) is 10.5. The maximum absolute atomic E-state index is 12.5. The van der Waals surface area contributed by atoms with Gasteiger partial charge in [0.25, 0.3) is 0 Å². The molecule has 4 rings (SSSR count). The lowest BCUT2D eigenvalue weighted by molar-refractivity contribution is -0.132. The van der Waals surface area contributed by atoms with Crippen LogP contribution < -0.4 is 0 Å². The topological polar surface area (TPSA) is 59.2 Å². The van der Waals surface area contributed by atoms with Crippen LogP contribution in [0.1, 0.15) is 41.4 Å². The molecule has 3 aromatic rings. The van der Waals surface area contributed by atoms with Crippen molar-refractivity contribution >= 4 is 50.7 Å². The molecular weight excluding hydrogens is 405 g/mol. The number of hydrogen-bond acceptors (Lipinski definition) is 5. The summed E-state index contributed by atoms with van der Waals surface area (Å²) in [7, 11) is 0. The highest BCUT2D eigenvalue weighted by Crippen LogP contribution is 2.35. The third-order valence-electron chi connectivity index (χ3n) is 5.09. The number of halogens is 2. The van der Waals surface area contributed by atoms with Gasteiger partial charge in [0.2, 0.25) is 11.1 Å². The van der Waals surface area contributed by atoms with E-state index in [0.717, 1.165) is 52.4 Å². The first-order valence-electron chi connectivity index (χ1n) is 8.95. The number of likely N-dealkylation sites (tertiary alicyclic amines) is 1. The number of rotatable bonds is 4. The number of thiazole rings is 1. The maximum Gasteiger partial charge on any atom is 0.229 e. The zero-order valence-electron chi connectivity index (χ0n) is 14.9. The highest BCUT2D eigenvalue weighted by Gasteiger charge is 2.26. The van der Waals surface area contributed by atoms with E-state index in [1.807, 2.05) is 30.0 Å². The predicted octanol–water partition coefficient (Wildman–Crippen LogP) is 5.24. The van der Waals surface area contributed by atoms with Crippen LogP contribution in [0.2, 0.25) is 10.2 Å². The third kappa shape index (κ3) is 3.98. The van der Waals surface area contributed by atoms with Gasteiger partial charge in [-0.3, -0.25) is 4.79 Å². The second-order valence-electron chi connectivity index (χ2n) is 6.84. The zero-order valence-corrected chi connectivity index (χ0v) is 17.2. The monoisotopic (exact) mass is 423 g/mol. The smallest absolute Gasteiger partial charge is 0.229 e. The molecule has 1 saturated heterocycles. The lowest BCUT2D eigenvalue weighted by atomic mass is 9.97. The van der Waals surface area contributed by atoms with E-state index in [0.29, 0.717) is 23.8 Å². The van der Waals surface area contributed by atoms with Crippen molar-refractivity contribution < 1.29 is 9.32 Å². The van der Waals surface area contributed by atoms with Crippen LogP contribution in [-0.2, 0) is 11.2 Å². The van der Waals surface area contributed by atoms with Crippen LogP contribution >= 0.6 is 34.5 Å². The fourth-order valence-electron chi connectivity index (χ4n) is 3.50. The second kappa shape index (κ2) is 7.78. The van der Waals surface area contributed by atoms with E-state index >= 15 is 0 Å². The van der Waals surface area contributed by atoms with E-state index in [2.05, 4.69) is 5.16 Å². The Morgan fingerprint density at radius 2 is 2.11 bits per heavy atom. The van der Waals surface area contributed by atoms with Gasteiger partial charge in [-0.25, -0.2) is 4.98 Å². The number of piperidine rings is 1. The summed E-state index contributed by atoms with van der Waals surface area (Å²) in [6, 6.07) is 5.83. The first-order chi connectivity index (χ1) is 13.0. The quantitative estimate of drug-likeness (QED) is 0.575. The second-order valence-corrected chi connectivity index (χ2v) is 8.68. The lowest BCUT2D eigenvalue weighted by Gasteiger charge is -2.31. The van der Waals surface area contributed by atoms with E-state index in [1.165, 1.54) is 0 Å². The van der Waals surface area contributed by atoms with Crippen molar-refractivity contribution in [1.82, 2.24) is 15.0 Å². The minimum absolute atomic E-state index is 0.154. The van der Waals surface area contributed by atoms with Crippen molar-refractivity contribution in [2.24, 2.45) is 0 Å². The Balaban J connectivity index is 1.34. The number of fused-ring (bicyclic) bond motifs is 1. The van der Waals surface area contributed by atoms with Gasteiger partial charge in [0, 0.05) is 36.0 Å². The van der Waals surface area contributed by atoms with Crippen molar-refractivity contribution in [3.05, 3.63) is 44.7 Å². The van der Waals surface area contributed by atoms with Crippen molar-refractivity contribution in [2.45, 2.75) is 38.5 Å². The fourth-order valence-corrected chi connectivity index (χ4v) is 5.05. The standard InChI is InChI=1S/C19H19Cl2N3O2S/c1-11-14(18(21)26-23-11)3-5-17(25)24-8-6-12(7-9-24)19-22-15-10-13(20)2-4-16(15)27-19/h2,4,10,12H,3,5-9H2,1H3. The highest BCUT2D eigenvalue weighted by molar-refractivity contribution is 7.18. The van der Waals surface area contributed by atoms with Crippen LogP contribution in [0.25, 0.3) is 10.2 Å². The summed E-state index contributed by atoms with van der Waals surface area (Å²) in [5.41, 5.74) is 2.54. The van der Waals surface area contributed by atoms with Crippen LogP contribution in [0.5, 0.6) is 0 Å². The summed E-state index contributed by atoms with van der Waals surface area (Å²) in [5, 5.41) is 5.97. The summed E-state index contributed by atoms with van der Waals surface area (Å²) in [6.07, 6.45) is 2.86. The minimum Gasteiger partial charge on any atom is -0.344 e. The molecule has 1 fully saturated rings. The van der Waals surface area contributed by atoms with Gasteiger partial charge in [-0.15, -0.1) is 11.3 Å². The summed E-state index contributed by atoms with van der Waals surface area (Å²) in [6.45, 7) is 3.36. The molecule has 0 saturated carbocycles. The van der Waals surface area contributed by atoms with Crippen LogP contribution in [0.15, 0.2) is 22.7 Å². The number of aromatic nitrogens is 2. The highest BCUT2D eigenvalue weighted by atomic mass is 35.5. The van der Waals surface area contributed by atoms with Crippen LogP contribution in [0.3, 0.4) is 0 Å². The molecule has 0 atom stereocenters. The van der Waals surface area contributed by atoms with E-state index < -0.39 is 0 Å². The van der Waals surface area contributed by atoms with Crippen molar-refractivity contribution in [2.75, 3.05) is 13.1 Å². The van der Waals surface area contributed by atoms with Gasteiger partial charge in [-0.05, 0) is 56.0 Å². The van der Waals surface area contributed by atoms with Gasteiger partial charge < -0.3 is 9.42 Å². The molecular formula is C19H19Cl2N3O2S. The molecule has 0 spiro atoms. The molecule has 5 nitrogen and oxygen atoms in total. The first kappa shape index (κ1) is 18.7. The Morgan fingerprint density at radius 3 is 2.81 bits per heavy atom. The molecule has 2 aromatic heterocycles. The van der Waals surface area contributed by atoms with E-state index in [9.17, 15) is 4.79 Å². The SMILES string of the molecule is Cc1noc(Cl)c1CCC(=O)N1CCC(c2nc3cc(Cl)ccc3s2)CC1. The summed E-state index contributed by atoms with van der Waals surface area (Å²) in [5.74, 6) is 0.557. The fraction of sp³-hybridized carbons (Fsp3) is 0.421. The molecule has 27 heavy (non-hydrogen) atoms. The van der Waals surface area contributed by atoms with Crippen LogP contribution in [0.4, 0.5) is 0 Å². The molecule has 3 heterocycles. The Bertz CT molecular complexity index is 957. The zero-order chi connectivity index (χ0) is 19.0. The predicted molar refractivity (Wildman–Crippen MR) is 108 cm³/mol. The van der Waals surface area contributed by atoms with E-state index in [4.69, 9.17) is 32.7 Å². The Hall–Kier alpha value is -1.63. The molecule has 0 bridgehead atoms. The average molecular weight is 424 g/mol. The Labute approximate surface area is 171 Å². The maximum atomic E-state index is 12.5. The summed E-state index contributed by atoms with van der Waals surface area (Å²) >= 11 is 13.8. The molecule has 1 aliphatic heterocycles. The van der Waals surface area contributed by atoms with Gasteiger partial charge in [0.15, 0.2) is 0 Å². The number of nitrogens with zero attached hydrogens (tertiary/aromatic N) is 3. The van der Waals surface area contributed by atoms with E-state index in [-0.39, 0.29) is 11.1 Å². The van der Waals surface area contributed by atoms with Gasteiger partial charge in [-0.2, -0.15) is 0 Å². The molecule has 0 unspecified atom stereocenters. The minimum atomic E-state index is 0.154. The normalized spacial score (nSPS) is 15.6. The number of carbonyl (C=O) groups excluding carboxylic acids is 1. The molecule has 142 valence electrons. The number of benzene rings is 1. The molecule has 0 N–H and O–H groups in total. The van der Waals surface area contributed by atoms with Crippen LogP contribution in [0, 0.1) is 6.92 Å². The van der Waals surface area contributed by atoms with E-state index in [1.54, 1.807) is 11.3 Å². The van der Waals surface area contributed by atoms with Crippen molar-refractivity contribution in [3.8, 4) is 0 Å². The third-order valence-corrected chi connectivity index (χ3v) is 6.82. The van der Waals surface area contributed by atoms with Gasteiger partial charge in [0.1, 0.15) is 0 Å². The molecule has 0 radical (unpaired) electrons. The summed E-state index contributed by atoms with van der Waals surface area (Å²) < 4.78 is 6.11. The molecule has 1 amide bonds. The molecule has 0 aliphatic carbocycles. The number of amides is 1. The van der Waals surface area contributed by atoms with Crippen molar-refractivity contribution in [1.29, 1.82) is 0 Å².